The van der Waals surface area contributed by atoms with Gasteiger partial charge < -0.3 is 10.3 Å². The molecule has 0 saturated carbocycles. The number of aryl methyl sites for hydroxylation is 1. The van der Waals surface area contributed by atoms with Crippen molar-refractivity contribution in [1.82, 2.24) is 4.57 Å². The van der Waals surface area contributed by atoms with Crippen molar-refractivity contribution >= 4 is 0 Å². The van der Waals surface area contributed by atoms with Crippen molar-refractivity contribution in [3.63, 3.8) is 0 Å². The van der Waals surface area contributed by atoms with Gasteiger partial charge in [-0.25, -0.2) is 0 Å². The summed E-state index contributed by atoms with van der Waals surface area (Å²) < 4.78 is 2.29. The van der Waals surface area contributed by atoms with E-state index in [9.17, 15) is 0 Å². The van der Waals surface area contributed by atoms with E-state index in [1.54, 1.807) is 0 Å². The molecule has 0 saturated heterocycles. The van der Waals surface area contributed by atoms with Gasteiger partial charge in [-0.05, 0) is 31.4 Å². The summed E-state index contributed by atoms with van der Waals surface area (Å²) in [5.41, 5.74) is 7.13. The Kier molecular flexibility index (Phi) is 5.48. The Morgan fingerprint density at radius 2 is 2.13 bits per heavy atom. The molecular weight excluding hydrogens is 184 g/mol. The molecule has 1 atom stereocenters. The van der Waals surface area contributed by atoms with Gasteiger partial charge >= 0.3 is 0 Å². The molecule has 0 spiro atoms. The highest BCUT2D eigenvalue weighted by Gasteiger charge is 1.99. The van der Waals surface area contributed by atoms with Crippen LogP contribution in [0.3, 0.4) is 0 Å². The molecule has 1 heterocycles. The molecule has 1 rings (SSSR count). The van der Waals surface area contributed by atoms with Crippen molar-refractivity contribution < 1.29 is 0 Å². The van der Waals surface area contributed by atoms with Gasteiger partial charge in [0.25, 0.3) is 0 Å². The highest BCUT2D eigenvalue weighted by Crippen LogP contribution is 2.07. The quantitative estimate of drug-likeness (QED) is 0.686. The number of hydrogen-bond donors (Lipinski definition) is 1. The number of nitrogens with two attached hydrogens (primary N) is 1. The fraction of sp³-hybridized carbons (Fsp3) is 0.692. The first-order chi connectivity index (χ1) is 7.22. The van der Waals surface area contributed by atoms with Gasteiger partial charge in [0, 0.05) is 25.0 Å². The van der Waals surface area contributed by atoms with Crippen LogP contribution < -0.4 is 5.73 Å². The molecule has 2 nitrogen and oxygen atoms in total. The molecule has 0 fully saturated rings. The van der Waals surface area contributed by atoms with Crippen LogP contribution in [0.5, 0.6) is 0 Å². The van der Waals surface area contributed by atoms with Crippen LogP contribution in [0.4, 0.5) is 0 Å². The van der Waals surface area contributed by atoms with Crippen LogP contribution in [0.25, 0.3) is 0 Å². The first-order valence-electron chi connectivity index (χ1n) is 6.12. The standard InChI is InChI=1S/C13H24N2/c1-3-4-5-6-8-15-9-7-13(11-15)10-12(2)14/h7,9,11-12H,3-6,8,10,14H2,1-2H3. The van der Waals surface area contributed by atoms with Crippen LogP contribution in [0, 0.1) is 0 Å². The van der Waals surface area contributed by atoms with Crippen LogP contribution >= 0.6 is 0 Å². The monoisotopic (exact) mass is 208 g/mol. The molecule has 0 aliphatic rings. The Labute approximate surface area is 93.5 Å². The average Bonchev–Trinajstić information content (AvgIpc) is 2.59. The normalized spacial score (nSPS) is 13.0. The minimum Gasteiger partial charge on any atom is -0.354 e. The first-order valence-corrected chi connectivity index (χ1v) is 6.12. The van der Waals surface area contributed by atoms with Gasteiger partial charge in [-0.15, -0.1) is 0 Å². The third-order valence-corrected chi connectivity index (χ3v) is 2.64. The fourth-order valence-corrected chi connectivity index (χ4v) is 1.84. The number of aromatic nitrogens is 1. The van der Waals surface area contributed by atoms with Gasteiger partial charge in [0.15, 0.2) is 0 Å². The molecular formula is C13H24N2. The van der Waals surface area contributed by atoms with Gasteiger partial charge in [-0.3, -0.25) is 0 Å². The van der Waals surface area contributed by atoms with Gasteiger partial charge in [0.1, 0.15) is 0 Å². The van der Waals surface area contributed by atoms with E-state index in [2.05, 4.69) is 36.9 Å². The summed E-state index contributed by atoms with van der Waals surface area (Å²) in [7, 11) is 0. The predicted octanol–water partition coefficient (Wildman–Crippen LogP) is 2.96. The Bertz CT molecular complexity index is 263. The largest absolute Gasteiger partial charge is 0.354 e. The second kappa shape index (κ2) is 6.67. The van der Waals surface area contributed by atoms with Crippen molar-refractivity contribution in [3.8, 4) is 0 Å². The maximum atomic E-state index is 5.76. The maximum absolute atomic E-state index is 5.76. The number of unbranched alkanes of at least 4 members (excludes halogenated alkanes) is 3. The van der Waals surface area contributed by atoms with Gasteiger partial charge in [0.05, 0.1) is 0 Å². The molecule has 2 N–H and O–H groups in total. The van der Waals surface area contributed by atoms with E-state index in [1.807, 2.05) is 0 Å². The highest BCUT2D eigenvalue weighted by molar-refractivity contribution is 5.11. The number of rotatable bonds is 7. The zero-order valence-corrected chi connectivity index (χ0v) is 10.1. The van der Waals surface area contributed by atoms with Crippen molar-refractivity contribution in [2.45, 2.75) is 58.5 Å². The summed E-state index contributed by atoms with van der Waals surface area (Å²) in [4.78, 5) is 0. The minimum absolute atomic E-state index is 0.265. The maximum Gasteiger partial charge on any atom is 0.0219 e. The van der Waals surface area contributed by atoms with E-state index < -0.39 is 0 Å². The van der Waals surface area contributed by atoms with E-state index >= 15 is 0 Å². The molecule has 0 aromatic carbocycles. The molecule has 0 radical (unpaired) electrons. The van der Waals surface area contributed by atoms with Crippen LogP contribution in [0.15, 0.2) is 18.5 Å². The van der Waals surface area contributed by atoms with Crippen LogP contribution in [0.1, 0.15) is 45.1 Å². The SMILES string of the molecule is CCCCCCn1ccc(CC(C)N)c1. The first kappa shape index (κ1) is 12.3. The highest BCUT2D eigenvalue weighted by atomic mass is 14.9. The van der Waals surface area contributed by atoms with Crippen LogP contribution in [-0.4, -0.2) is 10.6 Å². The minimum atomic E-state index is 0.265. The number of hydrogen-bond acceptors (Lipinski definition) is 1. The molecule has 0 aliphatic heterocycles. The van der Waals surface area contributed by atoms with Crippen molar-refractivity contribution in [2.75, 3.05) is 0 Å². The molecule has 0 bridgehead atoms. The molecule has 15 heavy (non-hydrogen) atoms. The Morgan fingerprint density at radius 1 is 1.33 bits per heavy atom. The van der Waals surface area contributed by atoms with Crippen molar-refractivity contribution in [3.05, 3.63) is 24.0 Å². The summed E-state index contributed by atoms with van der Waals surface area (Å²) >= 11 is 0. The lowest BCUT2D eigenvalue weighted by Crippen LogP contribution is -2.17. The fourth-order valence-electron chi connectivity index (χ4n) is 1.84. The van der Waals surface area contributed by atoms with E-state index in [0.717, 1.165) is 13.0 Å². The summed E-state index contributed by atoms with van der Waals surface area (Å²) in [5, 5.41) is 0. The topological polar surface area (TPSA) is 30.9 Å². The summed E-state index contributed by atoms with van der Waals surface area (Å²) in [6, 6.07) is 2.45. The van der Waals surface area contributed by atoms with Gasteiger partial charge in [-0.1, -0.05) is 26.2 Å². The predicted molar refractivity (Wildman–Crippen MR) is 65.9 cm³/mol. The van der Waals surface area contributed by atoms with Gasteiger partial charge in [-0.2, -0.15) is 0 Å². The molecule has 1 aromatic heterocycles. The third-order valence-electron chi connectivity index (χ3n) is 2.64. The Hall–Kier alpha value is -0.760. The molecule has 0 aliphatic carbocycles. The van der Waals surface area contributed by atoms with E-state index in [0.29, 0.717) is 0 Å². The lowest BCUT2D eigenvalue weighted by atomic mass is 10.1. The smallest absolute Gasteiger partial charge is 0.0219 e. The van der Waals surface area contributed by atoms with Gasteiger partial charge in [0.2, 0.25) is 0 Å². The summed E-state index contributed by atoms with van der Waals surface area (Å²) in [6.45, 7) is 5.45. The van der Waals surface area contributed by atoms with Crippen molar-refractivity contribution in [2.24, 2.45) is 5.73 Å². The average molecular weight is 208 g/mol. The summed E-state index contributed by atoms with van der Waals surface area (Å²) in [5.74, 6) is 0. The molecule has 86 valence electrons. The van der Waals surface area contributed by atoms with E-state index in [1.165, 1.54) is 31.2 Å². The molecule has 0 amide bonds. The van der Waals surface area contributed by atoms with Crippen LogP contribution in [0.2, 0.25) is 0 Å². The third kappa shape index (κ3) is 5.03. The molecule has 1 unspecified atom stereocenters. The molecule has 2 heteroatoms. The van der Waals surface area contributed by atoms with E-state index in [4.69, 9.17) is 5.73 Å². The Morgan fingerprint density at radius 3 is 2.80 bits per heavy atom. The van der Waals surface area contributed by atoms with Crippen molar-refractivity contribution in [1.29, 1.82) is 0 Å². The second-order valence-corrected chi connectivity index (χ2v) is 4.50. The second-order valence-electron chi connectivity index (χ2n) is 4.50. The zero-order valence-electron chi connectivity index (χ0n) is 10.1. The summed E-state index contributed by atoms with van der Waals surface area (Å²) in [6.07, 6.45) is 10.7. The lowest BCUT2D eigenvalue weighted by molar-refractivity contribution is 0.583. The van der Waals surface area contributed by atoms with Crippen LogP contribution in [-0.2, 0) is 13.0 Å². The lowest BCUT2D eigenvalue weighted by Gasteiger charge is -2.03. The zero-order chi connectivity index (χ0) is 11.1. The molecule has 1 aromatic rings. The van der Waals surface area contributed by atoms with E-state index in [-0.39, 0.29) is 6.04 Å². The number of nitrogens with zero attached hydrogens (tertiary/aromatic N) is 1. The Balaban J connectivity index is 2.26.